The minimum absolute atomic E-state index is 0.00839. The summed E-state index contributed by atoms with van der Waals surface area (Å²) >= 11 is 0. The molecule has 4 nitrogen and oxygen atoms in total. The van der Waals surface area contributed by atoms with Crippen molar-refractivity contribution < 1.29 is 27.2 Å². The number of alkyl halides is 3. The van der Waals surface area contributed by atoms with Gasteiger partial charge in [-0.05, 0) is 42.0 Å². The maximum Gasteiger partial charge on any atom is 0.471 e. The van der Waals surface area contributed by atoms with Gasteiger partial charge in [-0.1, -0.05) is 12.1 Å². The number of halogens is 4. The Balaban J connectivity index is 1.91. The average Bonchev–Trinajstić information content (AvgIpc) is 2.53. The molecular weight excluding hydrogens is 328 g/mol. The summed E-state index contributed by atoms with van der Waals surface area (Å²) in [4.78, 5) is 22.6. The zero-order valence-corrected chi connectivity index (χ0v) is 12.2. The van der Waals surface area contributed by atoms with Gasteiger partial charge in [-0.2, -0.15) is 13.2 Å². The Morgan fingerprint density at radius 1 is 0.917 bits per heavy atom. The molecule has 2 aromatic carbocycles. The minimum atomic E-state index is -4.96. The third-order valence-electron chi connectivity index (χ3n) is 3.03. The van der Waals surface area contributed by atoms with Crippen LogP contribution in [-0.4, -0.2) is 18.0 Å². The number of rotatable bonds is 4. The molecule has 0 saturated carbocycles. The molecule has 8 heteroatoms. The zero-order valence-electron chi connectivity index (χ0n) is 12.2. The van der Waals surface area contributed by atoms with Crippen LogP contribution in [0, 0.1) is 5.82 Å². The summed E-state index contributed by atoms with van der Waals surface area (Å²) in [6, 6.07) is 10.5. The van der Waals surface area contributed by atoms with Crippen LogP contribution in [-0.2, 0) is 11.3 Å². The smallest absolute Gasteiger partial charge is 0.348 e. The fraction of sp³-hybridized carbons (Fsp3) is 0.125. The molecule has 2 aromatic rings. The Kier molecular flexibility index (Phi) is 5.18. The number of nitrogens with one attached hydrogen (secondary N) is 2. The molecule has 0 aromatic heterocycles. The first-order chi connectivity index (χ1) is 11.3. The molecule has 0 heterocycles. The third kappa shape index (κ3) is 4.80. The van der Waals surface area contributed by atoms with E-state index in [1.54, 1.807) is 5.32 Å². The summed E-state index contributed by atoms with van der Waals surface area (Å²) in [5.41, 5.74) is 0.895. The molecule has 0 aliphatic heterocycles. The highest BCUT2D eigenvalue weighted by Crippen LogP contribution is 2.18. The van der Waals surface area contributed by atoms with Crippen LogP contribution in [0.3, 0.4) is 0 Å². The van der Waals surface area contributed by atoms with Crippen LogP contribution in [0.4, 0.5) is 23.2 Å². The first-order valence-corrected chi connectivity index (χ1v) is 6.76. The topological polar surface area (TPSA) is 58.2 Å². The molecule has 0 atom stereocenters. The minimum Gasteiger partial charge on any atom is -0.348 e. The van der Waals surface area contributed by atoms with Gasteiger partial charge in [0, 0.05) is 17.8 Å². The van der Waals surface area contributed by atoms with Crippen LogP contribution in [0.1, 0.15) is 15.9 Å². The Bertz CT molecular complexity index is 725. The standard InChI is InChI=1S/C16H12F4N2O2/c17-12-5-3-11(4-6-12)14(23)21-9-10-1-7-13(8-2-10)22-15(24)16(18,19)20/h1-8H,9H2,(H,21,23)(H,22,24). The Hall–Kier alpha value is -2.90. The van der Waals surface area contributed by atoms with Crippen molar-refractivity contribution in [1.82, 2.24) is 5.32 Å². The van der Waals surface area contributed by atoms with E-state index in [1.165, 1.54) is 36.4 Å². The van der Waals surface area contributed by atoms with E-state index in [4.69, 9.17) is 0 Å². The molecule has 126 valence electrons. The summed E-state index contributed by atoms with van der Waals surface area (Å²) in [5.74, 6) is -2.92. The van der Waals surface area contributed by atoms with Gasteiger partial charge < -0.3 is 10.6 Å². The second kappa shape index (κ2) is 7.12. The van der Waals surface area contributed by atoms with E-state index in [9.17, 15) is 27.2 Å². The van der Waals surface area contributed by atoms with Crippen LogP contribution < -0.4 is 10.6 Å². The van der Waals surface area contributed by atoms with Gasteiger partial charge in [0.2, 0.25) is 0 Å². The van der Waals surface area contributed by atoms with Crippen LogP contribution >= 0.6 is 0 Å². The molecule has 0 saturated heterocycles. The van der Waals surface area contributed by atoms with Gasteiger partial charge in [0.15, 0.2) is 0 Å². The summed E-state index contributed by atoms with van der Waals surface area (Å²) in [5, 5.41) is 4.31. The molecule has 0 aliphatic rings. The Labute approximate surface area is 134 Å². The third-order valence-corrected chi connectivity index (χ3v) is 3.03. The maximum absolute atomic E-state index is 12.8. The number of benzene rings is 2. The Morgan fingerprint density at radius 3 is 2.04 bits per heavy atom. The number of amides is 2. The molecule has 0 unspecified atom stereocenters. The highest BCUT2D eigenvalue weighted by atomic mass is 19.4. The number of carbonyl (C=O) groups excluding carboxylic acids is 2. The van der Waals surface area contributed by atoms with Gasteiger partial charge in [0.05, 0.1) is 0 Å². The van der Waals surface area contributed by atoms with Crippen molar-refractivity contribution >= 4 is 17.5 Å². The van der Waals surface area contributed by atoms with Crippen LogP contribution in [0.15, 0.2) is 48.5 Å². The van der Waals surface area contributed by atoms with Gasteiger partial charge in [-0.15, -0.1) is 0 Å². The second-order valence-electron chi connectivity index (χ2n) is 4.84. The summed E-state index contributed by atoms with van der Waals surface area (Å²) in [7, 11) is 0. The molecule has 24 heavy (non-hydrogen) atoms. The van der Waals surface area contributed by atoms with Crippen molar-refractivity contribution in [2.24, 2.45) is 0 Å². The normalized spacial score (nSPS) is 11.0. The monoisotopic (exact) mass is 340 g/mol. The van der Waals surface area contributed by atoms with Gasteiger partial charge >= 0.3 is 12.1 Å². The first kappa shape index (κ1) is 17.5. The molecular formula is C16H12F4N2O2. The van der Waals surface area contributed by atoms with Crippen LogP contribution in [0.2, 0.25) is 0 Å². The molecule has 0 aliphatic carbocycles. The predicted molar refractivity (Wildman–Crippen MR) is 78.7 cm³/mol. The van der Waals surface area contributed by atoms with Crippen LogP contribution in [0.5, 0.6) is 0 Å². The number of hydrogen-bond donors (Lipinski definition) is 2. The summed E-state index contributed by atoms with van der Waals surface area (Å²) in [6.07, 6.45) is -4.96. The van der Waals surface area contributed by atoms with Crippen LogP contribution in [0.25, 0.3) is 0 Å². The van der Waals surface area contributed by atoms with Gasteiger partial charge in [0.25, 0.3) is 5.91 Å². The maximum atomic E-state index is 12.8. The summed E-state index contributed by atoms with van der Waals surface area (Å²) < 4.78 is 49.2. The van der Waals surface area contributed by atoms with Crippen molar-refractivity contribution in [3.63, 3.8) is 0 Å². The van der Waals surface area contributed by atoms with E-state index in [1.807, 2.05) is 0 Å². The molecule has 0 bridgehead atoms. The van der Waals surface area contributed by atoms with Gasteiger partial charge in [-0.25, -0.2) is 4.39 Å². The molecule has 2 N–H and O–H groups in total. The first-order valence-electron chi connectivity index (χ1n) is 6.76. The molecule has 0 fully saturated rings. The SMILES string of the molecule is O=C(NCc1ccc(NC(=O)C(F)(F)F)cc1)c1ccc(F)cc1. The van der Waals surface area contributed by atoms with E-state index in [-0.39, 0.29) is 17.8 Å². The quantitative estimate of drug-likeness (QED) is 0.840. The van der Waals surface area contributed by atoms with Crippen molar-refractivity contribution in [3.05, 3.63) is 65.5 Å². The van der Waals surface area contributed by atoms with Gasteiger partial charge in [-0.3, -0.25) is 9.59 Å². The fourth-order valence-corrected chi connectivity index (χ4v) is 1.79. The largest absolute Gasteiger partial charge is 0.471 e. The predicted octanol–water partition coefficient (Wildman–Crippen LogP) is 3.26. The lowest BCUT2D eigenvalue weighted by molar-refractivity contribution is -0.167. The molecule has 0 radical (unpaired) electrons. The number of carbonyl (C=O) groups is 2. The zero-order chi connectivity index (χ0) is 17.7. The summed E-state index contributed by atoms with van der Waals surface area (Å²) in [6.45, 7) is 0.129. The average molecular weight is 340 g/mol. The van der Waals surface area contributed by atoms with E-state index in [0.717, 1.165) is 12.1 Å². The van der Waals surface area contributed by atoms with Crippen molar-refractivity contribution in [1.29, 1.82) is 0 Å². The fourth-order valence-electron chi connectivity index (χ4n) is 1.79. The lowest BCUT2D eigenvalue weighted by Crippen LogP contribution is -2.29. The van der Waals surface area contributed by atoms with Gasteiger partial charge in [0.1, 0.15) is 5.82 Å². The number of hydrogen-bond acceptors (Lipinski definition) is 2. The lowest BCUT2D eigenvalue weighted by atomic mass is 10.2. The van der Waals surface area contributed by atoms with Crippen molar-refractivity contribution in [2.45, 2.75) is 12.7 Å². The van der Waals surface area contributed by atoms with E-state index in [2.05, 4.69) is 5.32 Å². The Morgan fingerprint density at radius 2 is 1.50 bits per heavy atom. The van der Waals surface area contributed by atoms with Crippen molar-refractivity contribution in [3.8, 4) is 0 Å². The van der Waals surface area contributed by atoms with E-state index < -0.39 is 23.8 Å². The molecule has 2 rings (SSSR count). The highest BCUT2D eigenvalue weighted by Gasteiger charge is 2.38. The number of anilines is 1. The molecule has 2 amide bonds. The van der Waals surface area contributed by atoms with E-state index >= 15 is 0 Å². The van der Waals surface area contributed by atoms with Crippen molar-refractivity contribution in [2.75, 3.05) is 5.32 Å². The second-order valence-corrected chi connectivity index (χ2v) is 4.84. The van der Waals surface area contributed by atoms with E-state index in [0.29, 0.717) is 5.56 Å². The lowest BCUT2D eigenvalue weighted by Gasteiger charge is -2.09. The molecule has 0 spiro atoms. The highest BCUT2D eigenvalue weighted by molar-refractivity contribution is 5.95.